The van der Waals surface area contributed by atoms with Gasteiger partial charge in [0.1, 0.15) is 0 Å². The molecule has 0 bridgehead atoms. The Morgan fingerprint density at radius 1 is 1.38 bits per heavy atom. The fourth-order valence-corrected chi connectivity index (χ4v) is 2.53. The lowest BCUT2D eigenvalue weighted by Gasteiger charge is -2.13. The van der Waals surface area contributed by atoms with Gasteiger partial charge in [0.25, 0.3) is 0 Å². The summed E-state index contributed by atoms with van der Waals surface area (Å²) in [6, 6.07) is 5.16. The van der Waals surface area contributed by atoms with E-state index in [-0.39, 0.29) is 5.97 Å². The van der Waals surface area contributed by atoms with Crippen molar-refractivity contribution in [2.45, 2.75) is 38.7 Å². The highest BCUT2D eigenvalue weighted by Crippen LogP contribution is 2.22. The zero-order valence-electron chi connectivity index (χ0n) is 12.6. The average Bonchev–Trinajstić information content (AvgIpc) is 2.98. The molecule has 0 spiro atoms. The van der Waals surface area contributed by atoms with Gasteiger partial charge in [0.2, 0.25) is 0 Å². The van der Waals surface area contributed by atoms with E-state index in [1.165, 1.54) is 25.7 Å². The van der Waals surface area contributed by atoms with Gasteiger partial charge in [0.05, 0.1) is 36.3 Å². The van der Waals surface area contributed by atoms with Gasteiger partial charge in [0.15, 0.2) is 0 Å². The maximum absolute atomic E-state index is 11.6. The molecular formula is C16H24N2O3. The van der Waals surface area contributed by atoms with Crippen molar-refractivity contribution in [2.24, 2.45) is 0 Å². The van der Waals surface area contributed by atoms with Crippen LogP contribution >= 0.6 is 0 Å². The van der Waals surface area contributed by atoms with Gasteiger partial charge in [-0.05, 0) is 38.0 Å². The monoisotopic (exact) mass is 292 g/mol. The van der Waals surface area contributed by atoms with Crippen molar-refractivity contribution < 1.29 is 14.3 Å². The molecule has 1 aromatic carbocycles. The Morgan fingerprint density at radius 3 is 2.81 bits per heavy atom. The fourth-order valence-electron chi connectivity index (χ4n) is 2.53. The molecule has 3 N–H and O–H groups in total. The predicted octanol–water partition coefficient (Wildman–Crippen LogP) is 2.82. The second-order valence-corrected chi connectivity index (χ2v) is 5.23. The number of anilines is 2. The van der Waals surface area contributed by atoms with E-state index in [4.69, 9.17) is 15.2 Å². The van der Waals surface area contributed by atoms with E-state index in [1.54, 1.807) is 25.1 Å². The Kier molecular flexibility index (Phi) is 5.87. The predicted molar refractivity (Wildman–Crippen MR) is 83.5 cm³/mol. The quantitative estimate of drug-likeness (QED) is 0.459. The maximum atomic E-state index is 11.6. The molecule has 0 heterocycles. The molecule has 5 heteroatoms. The summed E-state index contributed by atoms with van der Waals surface area (Å²) in [5.74, 6) is -0.347. The van der Waals surface area contributed by atoms with Gasteiger partial charge < -0.3 is 20.5 Å². The summed E-state index contributed by atoms with van der Waals surface area (Å²) in [6.07, 6.45) is 5.34. The zero-order chi connectivity index (χ0) is 15.1. The van der Waals surface area contributed by atoms with Crippen LogP contribution in [-0.2, 0) is 9.47 Å². The van der Waals surface area contributed by atoms with Crippen molar-refractivity contribution >= 4 is 17.3 Å². The number of rotatable bonds is 7. The Bertz CT molecular complexity index is 471. The number of nitrogens with one attached hydrogen (secondary N) is 1. The number of hydrogen-bond donors (Lipinski definition) is 2. The van der Waals surface area contributed by atoms with Crippen LogP contribution in [0.2, 0.25) is 0 Å². The summed E-state index contributed by atoms with van der Waals surface area (Å²) in [5.41, 5.74) is 7.78. The summed E-state index contributed by atoms with van der Waals surface area (Å²) < 4.78 is 10.7. The van der Waals surface area contributed by atoms with E-state index in [2.05, 4.69) is 5.32 Å². The van der Waals surface area contributed by atoms with Gasteiger partial charge in [-0.2, -0.15) is 0 Å². The SMILES string of the molecule is CCOC(=O)c1ccc(NCCOC2CCCC2)c(N)c1. The smallest absolute Gasteiger partial charge is 0.338 e. The lowest BCUT2D eigenvalue weighted by Crippen LogP contribution is -2.16. The lowest BCUT2D eigenvalue weighted by molar-refractivity contribution is 0.0526. The van der Waals surface area contributed by atoms with Crippen molar-refractivity contribution in [1.82, 2.24) is 0 Å². The molecule has 2 rings (SSSR count). The number of carbonyl (C=O) groups excluding carboxylic acids is 1. The third-order valence-electron chi connectivity index (χ3n) is 3.64. The second-order valence-electron chi connectivity index (χ2n) is 5.23. The maximum Gasteiger partial charge on any atom is 0.338 e. The summed E-state index contributed by atoms with van der Waals surface area (Å²) in [4.78, 5) is 11.6. The van der Waals surface area contributed by atoms with Crippen LogP contribution in [0.15, 0.2) is 18.2 Å². The highest BCUT2D eigenvalue weighted by Gasteiger charge is 2.14. The Hall–Kier alpha value is -1.75. The molecule has 0 aromatic heterocycles. The molecule has 21 heavy (non-hydrogen) atoms. The van der Waals surface area contributed by atoms with Crippen molar-refractivity contribution in [1.29, 1.82) is 0 Å². The summed E-state index contributed by atoms with van der Waals surface area (Å²) in [7, 11) is 0. The fraction of sp³-hybridized carbons (Fsp3) is 0.562. The Balaban J connectivity index is 1.78. The molecule has 0 radical (unpaired) electrons. The van der Waals surface area contributed by atoms with Crippen LogP contribution in [-0.4, -0.2) is 31.8 Å². The number of carbonyl (C=O) groups is 1. The van der Waals surface area contributed by atoms with Crippen LogP contribution in [0.5, 0.6) is 0 Å². The number of ether oxygens (including phenoxy) is 2. The topological polar surface area (TPSA) is 73.6 Å². The lowest BCUT2D eigenvalue weighted by atomic mass is 10.1. The number of benzene rings is 1. The average molecular weight is 292 g/mol. The van der Waals surface area contributed by atoms with E-state index >= 15 is 0 Å². The van der Waals surface area contributed by atoms with Crippen molar-refractivity contribution in [3.63, 3.8) is 0 Å². The van der Waals surface area contributed by atoms with Gasteiger partial charge in [-0.3, -0.25) is 0 Å². The molecule has 1 fully saturated rings. The largest absolute Gasteiger partial charge is 0.462 e. The van der Waals surface area contributed by atoms with Gasteiger partial charge in [-0.1, -0.05) is 12.8 Å². The van der Waals surface area contributed by atoms with E-state index < -0.39 is 0 Å². The van der Waals surface area contributed by atoms with Crippen LogP contribution < -0.4 is 11.1 Å². The molecule has 1 aliphatic rings. The van der Waals surface area contributed by atoms with Gasteiger partial charge in [-0.15, -0.1) is 0 Å². The van der Waals surface area contributed by atoms with E-state index in [9.17, 15) is 4.79 Å². The standard InChI is InChI=1S/C16H24N2O3/c1-2-20-16(19)12-7-8-15(14(17)11-12)18-9-10-21-13-5-3-4-6-13/h7-8,11,13,18H,2-6,9-10,17H2,1H3. The normalized spacial score (nSPS) is 15.1. The summed E-state index contributed by atoms with van der Waals surface area (Å²) >= 11 is 0. The molecule has 0 unspecified atom stereocenters. The second kappa shape index (κ2) is 7.88. The van der Waals surface area contributed by atoms with Crippen LogP contribution in [0.1, 0.15) is 43.0 Å². The van der Waals surface area contributed by atoms with E-state index in [0.29, 0.717) is 37.1 Å². The highest BCUT2D eigenvalue weighted by molar-refractivity contribution is 5.91. The van der Waals surface area contributed by atoms with Crippen molar-refractivity contribution in [3.8, 4) is 0 Å². The first-order valence-electron chi connectivity index (χ1n) is 7.63. The number of hydrogen-bond acceptors (Lipinski definition) is 5. The first-order chi connectivity index (χ1) is 10.2. The van der Waals surface area contributed by atoms with Gasteiger partial charge in [-0.25, -0.2) is 4.79 Å². The number of nitrogen functional groups attached to an aromatic ring is 1. The van der Waals surface area contributed by atoms with Crippen molar-refractivity contribution in [3.05, 3.63) is 23.8 Å². The summed E-state index contributed by atoms with van der Waals surface area (Å²) in [5, 5.41) is 3.23. The van der Waals surface area contributed by atoms with Gasteiger partial charge >= 0.3 is 5.97 Å². The molecule has 0 atom stereocenters. The molecule has 1 saturated carbocycles. The third kappa shape index (κ3) is 4.63. The first-order valence-corrected chi connectivity index (χ1v) is 7.63. The minimum absolute atomic E-state index is 0.347. The highest BCUT2D eigenvalue weighted by atomic mass is 16.5. The van der Waals surface area contributed by atoms with Crippen LogP contribution in [0.4, 0.5) is 11.4 Å². The zero-order valence-corrected chi connectivity index (χ0v) is 12.6. The van der Waals surface area contributed by atoms with Crippen LogP contribution in [0, 0.1) is 0 Å². The molecule has 1 aliphatic carbocycles. The van der Waals surface area contributed by atoms with E-state index in [0.717, 1.165) is 5.69 Å². The number of esters is 1. The molecule has 0 saturated heterocycles. The van der Waals surface area contributed by atoms with Gasteiger partial charge in [0, 0.05) is 6.54 Å². The van der Waals surface area contributed by atoms with Crippen LogP contribution in [0.25, 0.3) is 0 Å². The van der Waals surface area contributed by atoms with E-state index in [1.807, 2.05) is 0 Å². The molecule has 0 amide bonds. The minimum atomic E-state index is -0.347. The number of nitrogens with two attached hydrogens (primary N) is 1. The molecule has 5 nitrogen and oxygen atoms in total. The minimum Gasteiger partial charge on any atom is -0.462 e. The molecule has 116 valence electrons. The molecule has 1 aromatic rings. The molecular weight excluding hydrogens is 268 g/mol. The first kappa shape index (κ1) is 15.6. The third-order valence-corrected chi connectivity index (χ3v) is 3.64. The Labute approximate surface area is 125 Å². The molecule has 0 aliphatic heterocycles. The van der Waals surface area contributed by atoms with Crippen molar-refractivity contribution in [2.75, 3.05) is 30.8 Å². The summed E-state index contributed by atoms with van der Waals surface area (Å²) in [6.45, 7) is 3.52. The van der Waals surface area contributed by atoms with Crippen LogP contribution in [0.3, 0.4) is 0 Å². The Morgan fingerprint density at radius 2 is 2.14 bits per heavy atom.